The molecule has 0 bridgehead atoms. The fourth-order valence-electron chi connectivity index (χ4n) is 2.19. The molecule has 6 heteroatoms. The minimum Gasteiger partial charge on any atom is -0.308 e. The summed E-state index contributed by atoms with van der Waals surface area (Å²) in [6.45, 7) is 2.25. The molecule has 108 valence electrons. The first-order valence-electron chi connectivity index (χ1n) is 6.59. The number of benzene rings is 1. The first-order chi connectivity index (χ1) is 10.1. The normalized spacial score (nSPS) is 12.7. The Balaban J connectivity index is 1.77. The summed E-state index contributed by atoms with van der Waals surface area (Å²) in [6, 6.07) is 8.29. The largest absolute Gasteiger partial charge is 0.308 e. The maximum atomic E-state index is 13.7. The molecule has 3 rings (SSSR count). The Hall–Kier alpha value is -2.05. The summed E-state index contributed by atoms with van der Waals surface area (Å²) < 4.78 is 14.3. The zero-order valence-corrected chi connectivity index (χ0v) is 12.2. The maximum Gasteiger partial charge on any atom is 0.268 e. The molecule has 2 aromatic heterocycles. The van der Waals surface area contributed by atoms with Gasteiger partial charge in [-0.3, -0.25) is 4.79 Å². The Kier molecular flexibility index (Phi) is 3.81. The summed E-state index contributed by atoms with van der Waals surface area (Å²) in [5, 5.41) is 5.01. The zero-order chi connectivity index (χ0) is 14.8. The lowest BCUT2D eigenvalue weighted by Crippen LogP contribution is -2.22. The molecule has 1 atom stereocenters. The van der Waals surface area contributed by atoms with Crippen LogP contribution in [0.25, 0.3) is 10.2 Å². The lowest BCUT2D eigenvalue weighted by atomic mass is 10.1. The number of nitrogens with one attached hydrogen (secondary N) is 2. The van der Waals surface area contributed by atoms with Gasteiger partial charge >= 0.3 is 0 Å². The second-order valence-corrected chi connectivity index (χ2v) is 5.69. The molecule has 0 saturated carbocycles. The summed E-state index contributed by atoms with van der Waals surface area (Å²) in [5.74, 6) is 0.307. The molecular formula is C15H14FN3OS. The standard InChI is InChI=1S/C15H14FN3OS/c1-9(10-4-2-3-5-11(10)16)17-8-13-18-12-6-7-21-14(12)15(20)19-13/h2-7,9,17H,8H2,1H3,(H,18,19,20)/t9-/m1/s1. The van der Waals surface area contributed by atoms with Crippen molar-refractivity contribution in [1.29, 1.82) is 0 Å². The Morgan fingerprint density at radius 1 is 1.38 bits per heavy atom. The van der Waals surface area contributed by atoms with Gasteiger partial charge in [-0.05, 0) is 24.4 Å². The lowest BCUT2D eigenvalue weighted by molar-refractivity contribution is 0.520. The zero-order valence-electron chi connectivity index (χ0n) is 11.4. The van der Waals surface area contributed by atoms with Crippen molar-refractivity contribution in [1.82, 2.24) is 15.3 Å². The number of H-pyrrole nitrogens is 1. The molecule has 0 unspecified atom stereocenters. The van der Waals surface area contributed by atoms with E-state index in [1.54, 1.807) is 18.2 Å². The monoisotopic (exact) mass is 303 g/mol. The van der Waals surface area contributed by atoms with Crippen LogP contribution in [0, 0.1) is 5.82 Å². The quantitative estimate of drug-likeness (QED) is 0.779. The Labute approximate surface area is 124 Å². The van der Waals surface area contributed by atoms with E-state index in [2.05, 4.69) is 15.3 Å². The van der Waals surface area contributed by atoms with Crippen molar-refractivity contribution in [2.24, 2.45) is 0 Å². The van der Waals surface area contributed by atoms with Gasteiger partial charge in [0.25, 0.3) is 5.56 Å². The average Bonchev–Trinajstić information content (AvgIpc) is 2.94. The average molecular weight is 303 g/mol. The van der Waals surface area contributed by atoms with E-state index in [1.165, 1.54) is 17.4 Å². The number of hydrogen-bond donors (Lipinski definition) is 2. The third-order valence-electron chi connectivity index (χ3n) is 3.31. The van der Waals surface area contributed by atoms with Crippen LogP contribution in [0.2, 0.25) is 0 Å². The van der Waals surface area contributed by atoms with Crippen LogP contribution in [0.1, 0.15) is 24.4 Å². The molecule has 2 heterocycles. The highest BCUT2D eigenvalue weighted by Gasteiger charge is 2.11. The molecule has 0 radical (unpaired) electrons. The first-order valence-corrected chi connectivity index (χ1v) is 7.47. The Morgan fingerprint density at radius 2 is 2.19 bits per heavy atom. The van der Waals surface area contributed by atoms with E-state index in [4.69, 9.17) is 0 Å². The van der Waals surface area contributed by atoms with Crippen LogP contribution in [0.4, 0.5) is 4.39 Å². The predicted octanol–water partition coefficient (Wildman–Crippen LogP) is 2.97. The maximum absolute atomic E-state index is 13.7. The minimum atomic E-state index is -0.243. The van der Waals surface area contributed by atoms with E-state index in [9.17, 15) is 9.18 Å². The van der Waals surface area contributed by atoms with Crippen LogP contribution in [0.5, 0.6) is 0 Å². The van der Waals surface area contributed by atoms with Gasteiger partial charge < -0.3 is 10.3 Å². The number of aromatic amines is 1. The molecule has 0 aliphatic rings. The second kappa shape index (κ2) is 5.75. The number of halogens is 1. The molecule has 0 amide bonds. The van der Waals surface area contributed by atoms with E-state index in [0.29, 0.717) is 28.1 Å². The van der Waals surface area contributed by atoms with Gasteiger partial charge in [0.1, 0.15) is 16.3 Å². The van der Waals surface area contributed by atoms with Gasteiger partial charge in [0.05, 0.1) is 12.1 Å². The van der Waals surface area contributed by atoms with Crippen LogP contribution >= 0.6 is 11.3 Å². The SMILES string of the molecule is C[C@@H](NCc1nc2ccsc2c(=O)[nH]1)c1ccccc1F. The molecule has 2 N–H and O–H groups in total. The smallest absolute Gasteiger partial charge is 0.268 e. The van der Waals surface area contributed by atoms with Crippen LogP contribution in [-0.2, 0) is 6.54 Å². The first kappa shape index (κ1) is 13.9. The van der Waals surface area contributed by atoms with E-state index in [1.807, 2.05) is 18.4 Å². The molecule has 1 aromatic carbocycles. The summed E-state index contributed by atoms with van der Waals surface area (Å²) in [4.78, 5) is 19.0. The van der Waals surface area contributed by atoms with Crippen LogP contribution in [-0.4, -0.2) is 9.97 Å². The third kappa shape index (κ3) is 2.86. The van der Waals surface area contributed by atoms with Gasteiger partial charge in [-0.1, -0.05) is 18.2 Å². The Morgan fingerprint density at radius 3 is 3.00 bits per heavy atom. The van der Waals surface area contributed by atoms with Crippen molar-refractivity contribution in [3.63, 3.8) is 0 Å². The highest BCUT2D eigenvalue weighted by Crippen LogP contribution is 2.17. The Bertz CT molecular complexity index is 827. The number of hydrogen-bond acceptors (Lipinski definition) is 4. The third-order valence-corrected chi connectivity index (χ3v) is 4.21. The number of nitrogens with zero attached hydrogens (tertiary/aromatic N) is 1. The van der Waals surface area contributed by atoms with Gasteiger partial charge in [0.15, 0.2) is 0 Å². The van der Waals surface area contributed by atoms with Gasteiger partial charge in [0, 0.05) is 11.6 Å². The summed E-state index contributed by atoms with van der Waals surface area (Å²) in [5.41, 5.74) is 1.15. The van der Waals surface area contributed by atoms with Crippen molar-refractivity contribution in [2.45, 2.75) is 19.5 Å². The fourth-order valence-corrected chi connectivity index (χ4v) is 2.92. The lowest BCUT2D eigenvalue weighted by Gasteiger charge is -2.14. The minimum absolute atomic E-state index is 0.134. The molecule has 0 aliphatic heterocycles. The number of rotatable bonds is 4. The molecule has 0 aliphatic carbocycles. The van der Waals surface area contributed by atoms with E-state index in [-0.39, 0.29) is 17.4 Å². The van der Waals surface area contributed by atoms with E-state index >= 15 is 0 Å². The molecule has 3 aromatic rings. The molecule has 0 fully saturated rings. The van der Waals surface area contributed by atoms with Crippen molar-refractivity contribution < 1.29 is 4.39 Å². The molecule has 0 spiro atoms. The van der Waals surface area contributed by atoms with Gasteiger partial charge in [-0.25, -0.2) is 9.37 Å². The van der Waals surface area contributed by atoms with Crippen molar-refractivity contribution in [3.05, 3.63) is 63.3 Å². The second-order valence-electron chi connectivity index (χ2n) is 4.77. The summed E-state index contributed by atoms with van der Waals surface area (Å²) in [7, 11) is 0. The van der Waals surface area contributed by atoms with Crippen molar-refractivity contribution >= 4 is 21.6 Å². The fraction of sp³-hybridized carbons (Fsp3) is 0.200. The van der Waals surface area contributed by atoms with Crippen LogP contribution in [0.3, 0.4) is 0 Å². The molecule has 4 nitrogen and oxygen atoms in total. The highest BCUT2D eigenvalue weighted by molar-refractivity contribution is 7.17. The molecule has 21 heavy (non-hydrogen) atoms. The van der Waals surface area contributed by atoms with E-state index < -0.39 is 0 Å². The summed E-state index contributed by atoms with van der Waals surface area (Å²) in [6.07, 6.45) is 0. The number of thiophene rings is 1. The van der Waals surface area contributed by atoms with Crippen molar-refractivity contribution in [3.8, 4) is 0 Å². The summed E-state index contributed by atoms with van der Waals surface area (Å²) >= 11 is 1.37. The van der Waals surface area contributed by atoms with E-state index in [0.717, 1.165) is 0 Å². The number of aromatic nitrogens is 2. The van der Waals surface area contributed by atoms with Crippen molar-refractivity contribution in [2.75, 3.05) is 0 Å². The molecular weight excluding hydrogens is 289 g/mol. The predicted molar refractivity (Wildman–Crippen MR) is 81.9 cm³/mol. The van der Waals surface area contributed by atoms with Crippen LogP contribution in [0.15, 0.2) is 40.5 Å². The topological polar surface area (TPSA) is 57.8 Å². The van der Waals surface area contributed by atoms with Gasteiger partial charge in [-0.2, -0.15) is 0 Å². The van der Waals surface area contributed by atoms with Gasteiger partial charge in [-0.15, -0.1) is 11.3 Å². The van der Waals surface area contributed by atoms with Gasteiger partial charge in [0.2, 0.25) is 0 Å². The molecule has 0 saturated heterocycles. The van der Waals surface area contributed by atoms with Crippen LogP contribution < -0.4 is 10.9 Å². The number of fused-ring (bicyclic) bond motifs is 1. The highest BCUT2D eigenvalue weighted by atomic mass is 32.1.